The van der Waals surface area contributed by atoms with E-state index in [4.69, 9.17) is 0 Å². The second-order valence-electron chi connectivity index (χ2n) is 5.07. The molecular formula is C16H21N5. The van der Waals surface area contributed by atoms with Gasteiger partial charge in [-0.15, -0.1) is 0 Å². The van der Waals surface area contributed by atoms with E-state index in [0.717, 1.165) is 32.0 Å². The molecule has 0 atom stereocenters. The molecule has 2 heterocycles. The number of aromatic nitrogens is 4. The van der Waals surface area contributed by atoms with E-state index in [1.165, 1.54) is 16.5 Å². The maximum atomic E-state index is 4.38. The monoisotopic (exact) mass is 283 g/mol. The fourth-order valence-corrected chi connectivity index (χ4v) is 2.70. The van der Waals surface area contributed by atoms with Crippen LogP contribution in [-0.2, 0) is 19.6 Å². The van der Waals surface area contributed by atoms with Gasteiger partial charge in [0.2, 0.25) is 0 Å². The first kappa shape index (κ1) is 13.8. The summed E-state index contributed by atoms with van der Waals surface area (Å²) in [6.45, 7) is 7.67. The highest BCUT2D eigenvalue weighted by atomic mass is 15.3. The topological polar surface area (TPSA) is 47.7 Å². The number of benzene rings is 1. The predicted molar refractivity (Wildman–Crippen MR) is 84.1 cm³/mol. The maximum Gasteiger partial charge on any atom is 0.146 e. The van der Waals surface area contributed by atoms with Gasteiger partial charge in [0.15, 0.2) is 0 Å². The van der Waals surface area contributed by atoms with Crippen molar-refractivity contribution in [2.75, 3.05) is 6.54 Å². The van der Waals surface area contributed by atoms with Crippen molar-refractivity contribution in [3.63, 3.8) is 0 Å². The fourth-order valence-electron chi connectivity index (χ4n) is 2.70. The quantitative estimate of drug-likeness (QED) is 0.755. The smallest absolute Gasteiger partial charge is 0.146 e. The minimum absolute atomic E-state index is 0.750. The zero-order chi connectivity index (χ0) is 14.7. The zero-order valence-electron chi connectivity index (χ0n) is 12.6. The van der Waals surface area contributed by atoms with Crippen molar-refractivity contribution >= 4 is 10.9 Å². The molecule has 0 saturated heterocycles. The molecule has 1 N–H and O–H groups in total. The van der Waals surface area contributed by atoms with Gasteiger partial charge in [-0.3, -0.25) is 0 Å². The van der Waals surface area contributed by atoms with Crippen LogP contribution in [0.5, 0.6) is 0 Å². The van der Waals surface area contributed by atoms with E-state index in [2.05, 4.69) is 64.3 Å². The van der Waals surface area contributed by atoms with Gasteiger partial charge in [-0.05, 0) is 30.5 Å². The summed E-state index contributed by atoms with van der Waals surface area (Å²) in [5.74, 6) is 0.994. The van der Waals surface area contributed by atoms with Crippen LogP contribution in [0.3, 0.4) is 0 Å². The molecule has 5 heteroatoms. The Morgan fingerprint density at radius 1 is 1.19 bits per heavy atom. The Labute approximate surface area is 124 Å². The number of nitrogens with zero attached hydrogens (tertiary/aromatic N) is 4. The second-order valence-corrected chi connectivity index (χ2v) is 5.07. The molecule has 3 rings (SSSR count). The molecule has 0 fully saturated rings. The van der Waals surface area contributed by atoms with Gasteiger partial charge >= 0.3 is 0 Å². The van der Waals surface area contributed by atoms with Crippen LogP contribution in [0, 0.1) is 0 Å². The molecule has 110 valence electrons. The Bertz CT molecular complexity index is 725. The summed E-state index contributed by atoms with van der Waals surface area (Å²) in [6.07, 6.45) is 3.76. The Balaban J connectivity index is 1.98. The first-order valence-electron chi connectivity index (χ1n) is 7.47. The summed E-state index contributed by atoms with van der Waals surface area (Å²) in [4.78, 5) is 4.38. The Kier molecular flexibility index (Phi) is 4.01. The zero-order valence-corrected chi connectivity index (χ0v) is 12.6. The van der Waals surface area contributed by atoms with Crippen molar-refractivity contribution in [2.24, 2.45) is 0 Å². The lowest BCUT2D eigenvalue weighted by Gasteiger charge is -2.10. The molecule has 0 aliphatic carbocycles. The fraction of sp³-hybridized carbons (Fsp3) is 0.375. The lowest BCUT2D eigenvalue weighted by atomic mass is 10.1. The van der Waals surface area contributed by atoms with Gasteiger partial charge in [0.05, 0.1) is 12.1 Å². The van der Waals surface area contributed by atoms with Crippen molar-refractivity contribution in [1.82, 2.24) is 24.6 Å². The minimum atomic E-state index is 0.750. The van der Waals surface area contributed by atoms with E-state index < -0.39 is 0 Å². The molecule has 21 heavy (non-hydrogen) atoms. The van der Waals surface area contributed by atoms with Crippen molar-refractivity contribution in [3.05, 3.63) is 48.2 Å². The van der Waals surface area contributed by atoms with Crippen molar-refractivity contribution < 1.29 is 0 Å². The molecule has 0 unspecified atom stereocenters. The second kappa shape index (κ2) is 6.10. The van der Waals surface area contributed by atoms with Crippen LogP contribution in [0.2, 0.25) is 0 Å². The SMILES string of the molecule is CCNCc1cccc2ccn(Cc3ncnn3CC)c12. The van der Waals surface area contributed by atoms with Crippen LogP contribution < -0.4 is 5.32 Å². The maximum absolute atomic E-state index is 4.38. The van der Waals surface area contributed by atoms with Crippen LogP contribution >= 0.6 is 0 Å². The molecule has 0 aliphatic rings. The number of nitrogens with one attached hydrogen (secondary N) is 1. The van der Waals surface area contributed by atoms with Gasteiger partial charge in [-0.2, -0.15) is 5.10 Å². The van der Waals surface area contributed by atoms with E-state index in [1.54, 1.807) is 6.33 Å². The van der Waals surface area contributed by atoms with E-state index in [-0.39, 0.29) is 0 Å². The lowest BCUT2D eigenvalue weighted by Crippen LogP contribution is -2.13. The normalized spacial score (nSPS) is 11.3. The van der Waals surface area contributed by atoms with Crippen molar-refractivity contribution in [1.29, 1.82) is 0 Å². The van der Waals surface area contributed by atoms with Gasteiger partial charge in [-0.25, -0.2) is 9.67 Å². The summed E-state index contributed by atoms with van der Waals surface area (Å²) in [5.41, 5.74) is 2.60. The molecule has 0 saturated carbocycles. The van der Waals surface area contributed by atoms with Crippen molar-refractivity contribution in [3.8, 4) is 0 Å². The lowest BCUT2D eigenvalue weighted by molar-refractivity contribution is 0.596. The third kappa shape index (κ3) is 2.69. The molecule has 2 aromatic heterocycles. The third-order valence-electron chi connectivity index (χ3n) is 3.74. The van der Waals surface area contributed by atoms with Crippen LogP contribution in [0.15, 0.2) is 36.8 Å². The number of rotatable bonds is 6. The number of para-hydroxylation sites is 1. The molecule has 3 aromatic rings. The number of fused-ring (bicyclic) bond motifs is 1. The summed E-state index contributed by atoms with van der Waals surface area (Å²) in [5, 5.41) is 8.93. The van der Waals surface area contributed by atoms with Crippen LogP contribution in [0.25, 0.3) is 10.9 Å². The molecule has 0 radical (unpaired) electrons. The average molecular weight is 283 g/mol. The third-order valence-corrected chi connectivity index (χ3v) is 3.74. The molecule has 0 amide bonds. The molecule has 0 bridgehead atoms. The molecule has 0 aliphatic heterocycles. The van der Waals surface area contributed by atoms with Gasteiger partial charge in [-0.1, -0.05) is 25.1 Å². The summed E-state index contributed by atoms with van der Waals surface area (Å²) < 4.78 is 4.21. The van der Waals surface area contributed by atoms with E-state index in [0.29, 0.717) is 0 Å². The molecule has 0 spiro atoms. The summed E-state index contributed by atoms with van der Waals surface area (Å²) in [6, 6.07) is 8.63. The van der Waals surface area contributed by atoms with Crippen LogP contribution in [0.1, 0.15) is 25.2 Å². The largest absolute Gasteiger partial charge is 0.340 e. The van der Waals surface area contributed by atoms with Gasteiger partial charge in [0.1, 0.15) is 12.2 Å². The van der Waals surface area contributed by atoms with Gasteiger partial charge in [0, 0.05) is 19.3 Å². The molecular weight excluding hydrogens is 262 g/mol. The highest BCUT2D eigenvalue weighted by Crippen LogP contribution is 2.21. The van der Waals surface area contributed by atoms with E-state index >= 15 is 0 Å². The van der Waals surface area contributed by atoms with E-state index in [1.807, 2.05) is 4.68 Å². The number of hydrogen-bond donors (Lipinski definition) is 1. The first-order valence-corrected chi connectivity index (χ1v) is 7.47. The highest BCUT2D eigenvalue weighted by Gasteiger charge is 2.09. The minimum Gasteiger partial charge on any atom is -0.340 e. The Hall–Kier alpha value is -2.14. The average Bonchev–Trinajstić information content (AvgIpc) is 3.13. The molecule has 5 nitrogen and oxygen atoms in total. The van der Waals surface area contributed by atoms with E-state index in [9.17, 15) is 0 Å². The Morgan fingerprint density at radius 3 is 2.90 bits per heavy atom. The van der Waals surface area contributed by atoms with Gasteiger partial charge in [0.25, 0.3) is 0 Å². The Morgan fingerprint density at radius 2 is 2.10 bits per heavy atom. The predicted octanol–water partition coefficient (Wildman–Crippen LogP) is 2.41. The first-order chi connectivity index (χ1) is 10.3. The standard InChI is InChI=1S/C16H21N5/c1-3-17-10-14-7-5-6-13-8-9-20(16(13)14)11-15-18-12-19-21(15)4-2/h5-9,12,17H,3-4,10-11H2,1-2H3. The number of hydrogen-bond acceptors (Lipinski definition) is 3. The van der Waals surface area contributed by atoms with Crippen LogP contribution in [-0.4, -0.2) is 25.9 Å². The highest BCUT2D eigenvalue weighted by molar-refractivity contribution is 5.83. The van der Waals surface area contributed by atoms with Crippen molar-refractivity contribution in [2.45, 2.75) is 33.5 Å². The summed E-state index contributed by atoms with van der Waals surface area (Å²) in [7, 11) is 0. The number of aryl methyl sites for hydroxylation is 1. The molecule has 1 aromatic carbocycles. The van der Waals surface area contributed by atoms with Crippen LogP contribution in [0.4, 0.5) is 0 Å². The van der Waals surface area contributed by atoms with Gasteiger partial charge < -0.3 is 9.88 Å². The summed E-state index contributed by atoms with van der Waals surface area (Å²) >= 11 is 0.